The second kappa shape index (κ2) is 6.96. The molecule has 0 fully saturated rings. The maximum Gasteiger partial charge on any atom is 0.270 e. The molecule has 1 heterocycles. The summed E-state index contributed by atoms with van der Waals surface area (Å²) in [7, 11) is 1.60. The van der Waals surface area contributed by atoms with Crippen molar-refractivity contribution in [3.63, 3.8) is 0 Å². The summed E-state index contributed by atoms with van der Waals surface area (Å²) in [6, 6.07) is 7.39. The van der Waals surface area contributed by atoms with Gasteiger partial charge in [-0.15, -0.1) is 6.58 Å². The van der Waals surface area contributed by atoms with Gasteiger partial charge in [0.1, 0.15) is 17.4 Å². The van der Waals surface area contributed by atoms with Gasteiger partial charge in [0.2, 0.25) is 0 Å². The number of aromatic amines is 1. The molecule has 112 valence electrons. The van der Waals surface area contributed by atoms with E-state index in [4.69, 9.17) is 4.74 Å². The SMILES string of the molecule is C=CCc1cc(-c2nc(SC)[nH]c(=O)c2C#N)ccc1OC. The highest BCUT2D eigenvalue weighted by Crippen LogP contribution is 2.27. The Morgan fingerprint density at radius 2 is 2.32 bits per heavy atom. The van der Waals surface area contributed by atoms with Gasteiger partial charge < -0.3 is 9.72 Å². The number of ether oxygens (including phenoxy) is 1. The molecule has 2 aromatic rings. The van der Waals surface area contributed by atoms with Gasteiger partial charge in [-0.2, -0.15) is 5.26 Å². The molecule has 0 unspecified atom stereocenters. The molecule has 6 heteroatoms. The topological polar surface area (TPSA) is 78.8 Å². The first-order chi connectivity index (χ1) is 10.6. The molecular formula is C16H15N3O2S. The maximum atomic E-state index is 12.0. The zero-order valence-electron chi connectivity index (χ0n) is 12.3. The highest BCUT2D eigenvalue weighted by atomic mass is 32.2. The summed E-state index contributed by atoms with van der Waals surface area (Å²) in [5, 5.41) is 9.71. The van der Waals surface area contributed by atoms with Gasteiger partial charge in [0, 0.05) is 5.56 Å². The molecule has 0 bridgehead atoms. The fraction of sp³-hybridized carbons (Fsp3) is 0.188. The first-order valence-corrected chi connectivity index (χ1v) is 7.73. The molecule has 0 aliphatic carbocycles. The van der Waals surface area contributed by atoms with Crippen molar-refractivity contribution in [1.82, 2.24) is 9.97 Å². The van der Waals surface area contributed by atoms with Crippen molar-refractivity contribution in [3.8, 4) is 23.1 Å². The van der Waals surface area contributed by atoms with Crippen LogP contribution in [0, 0.1) is 11.3 Å². The lowest BCUT2D eigenvalue weighted by atomic mass is 10.0. The van der Waals surface area contributed by atoms with Gasteiger partial charge in [-0.25, -0.2) is 4.98 Å². The number of hydrogen-bond acceptors (Lipinski definition) is 5. The summed E-state index contributed by atoms with van der Waals surface area (Å²) in [4.78, 5) is 18.9. The number of benzene rings is 1. The highest BCUT2D eigenvalue weighted by molar-refractivity contribution is 7.98. The summed E-state index contributed by atoms with van der Waals surface area (Å²) >= 11 is 1.32. The van der Waals surface area contributed by atoms with Crippen molar-refractivity contribution < 1.29 is 4.74 Å². The summed E-state index contributed by atoms with van der Waals surface area (Å²) in [5.74, 6) is 0.733. The smallest absolute Gasteiger partial charge is 0.270 e. The number of nitrogens with zero attached hydrogens (tertiary/aromatic N) is 2. The molecule has 1 N–H and O–H groups in total. The Morgan fingerprint density at radius 3 is 2.91 bits per heavy atom. The van der Waals surface area contributed by atoms with Crippen molar-refractivity contribution in [2.24, 2.45) is 0 Å². The van der Waals surface area contributed by atoms with E-state index in [1.165, 1.54) is 11.8 Å². The third kappa shape index (κ3) is 3.05. The van der Waals surface area contributed by atoms with Crippen LogP contribution in [-0.4, -0.2) is 23.3 Å². The minimum absolute atomic E-state index is 0.00696. The van der Waals surface area contributed by atoms with Crippen LogP contribution in [0.2, 0.25) is 0 Å². The van der Waals surface area contributed by atoms with Crippen LogP contribution in [0.25, 0.3) is 11.3 Å². The van der Waals surface area contributed by atoms with Crippen molar-refractivity contribution >= 4 is 11.8 Å². The van der Waals surface area contributed by atoms with E-state index in [1.807, 2.05) is 18.4 Å². The molecule has 22 heavy (non-hydrogen) atoms. The number of nitriles is 1. The van der Waals surface area contributed by atoms with Gasteiger partial charge >= 0.3 is 0 Å². The lowest BCUT2D eigenvalue weighted by Crippen LogP contribution is -2.14. The number of methoxy groups -OCH3 is 1. The molecule has 0 aliphatic heterocycles. The van der Waals surface area contributed by atoms with Crippen LogP contribution >= 0.6 is 11.8 Å². The van der Waals surface area contributed by atoms with Crippen molar-refractivity contribution in [2.45, 2.75) is 11.6 Å². The maximum absolute atomic E-state index is 12.0. The summed E-state index contributed by atoms with van der Waals surface area (Å²) in [5.41, 5.74) is 1.58. The zero-order valence-corrected chi connectivity index (χ0v) is 13.2. The number of thioether (sulfide) groups is 1. The normalized spacial score (nSPS) is 10.0. The number of allylic oxidation sites excluding steroid dienone is 1. The van der Waals surface area contributed by atoms with Crippen molar-refractivity contribution in [3.05, 3.63) is 52.3 Å². The molecule has 1 aromatic heterocycles. The Bertz CT molecular complexity index is 806. The van der Waals surface area contributed by atoms with Gasteiger partial charge in [-0.1, -0.05) is 17.8 Å². The molecule has 2 rings (SSSR count). The predicted molar refractivity (Wildman–Crippen MR) is 87.2 cm³/mol. The van der Waals surface area contributed by atoms with E-state index >= 15 is 0 Å². The third-order valence-electron chi connectivity index (χ3n) is 3.12. The molecule has 0 saturated carbocycles. The van der Waals surface area contributed by atoms with Crippen LogP contribution in [-0.2, 0) is 6.42 Å². The third-order valence-corrected chi connectivity index (χ3v) is 3.70. The average Bonchev–Trinajstić information content (AvgIpc) is 2.54. The first-order valence-electron chi connectivity index (χ1n) is 6.51. The number of aromatic nitrogens is 2. The van der Waals surface area contributed by atoms with E-state index in [2.05, 4.69) is 16.5 Å². The summed E-state index contributed by atoms with van der Waals surface area (Å²) in [6.07, 6.45) is 4.20. The molecule has 1 aromatic carbocycles. The van der Waals surface area contributed by atoms with Crippen molar-refractivity contribution in [1.29, 1.82) is 5.26 Å². The molecule has 0 radical (unpaired) electrons. The van der Waals surface area contributed by atoms with Crippen LogP contribution in [0.3, 0.4) is 0 Å². The Kier molecular flexibility index (Phi) is 5.02. The van der Waals surface area contributed by atoms with Crippen LogP contribution in [0.1, 0.15) is 11.1 Å². The number of H-pyrrole nitrogens is 1. The molecule has 0 atom stereocenters. The Morgan fingerprint density at radius 1 is 1.55 bits per heavy atom. The van der Waals surface area contributed by atoms with Gasteiger partial charge in [0.25, 0.3) is 5.56 Å². The van der Waals surface area contributed by atoms with Crippen LogP contribution in [0.5, 0.6) is 5.75 Å². The van der Waals surface area contributed by atoms with E-state index in [9.17, 15) is 10.1 Å². The summed E-state index contributed by atoms with van der Waals surface area (Å²) in [6.45, 7) is 3.73. The standard InChI is InChI=1S/C16H15N3O2S/c1-4-5-10-8-11(6-7-13(10)21-2)14-12(9-17)15(20)19-16(18-14)22-3/h4,6-8H,1,5H2,2-3H3,(H,18,19,20). The lowest BCUT2D eigenvalue weighted by molar-refractivity contribution is 0.411. The molecule has 0 amide bonds. The molecule has 0 saturated heterocycles. The van der Waals surface area contributed by atoms with E-state index in [-0.39, 0.29) is 5.56 Å². The molecular weight excluding hydrogens is 298 g/mol. The van der Waals surface area contributed by atoms with Gasteiger partial charge in [0.15, 0.2) is 5.16 Å². The number of nitrogens with one attached hydrogen (secondary N) is 1. The second-order valence-corrected chi connectivity index (χ2v) is 5.22. The van der Waals surface area contributed by atoms with Gasteiger partial charge in [0.05, 0.1) is 12.8 Å². The minimum Gasteiger partial charge on any atom is -0.496 e. The zero-order chi connectivity index (χ0) is 16.1. The fourth-order valence-corrected chi connectivity index (χ4v) is 2.48. The molecule has 5 nitrogen and oxygen atoms in total. The fourth-order valence-electron chi connectivity index (χ4n) is 2.10. The van der Waals surface area contributed by atoms with E-state index in [1.54, 1.807) is 25.3 Å². The van der Waals surface area contributed by atoms with E-state index in [0.29, 0.717) is 22.8 Å². The van der Waals surface area contributed by atoms with Crippen molar-refractivity contribution in [2.75, 3.05) is 13.4 Å². The number of rotatable bonds is 5. The van der Waals surface area contributed by atoms with E-state index < -0.39 is 5.56 Å². The lowest BCUT2D eigenvalue weighted by Gasteiger charge is -2.10. The second-order valence-electron chi connectivity index (χ2n) is 4.43. The quantitative estimate of drug-likeness (QED) is 0.521. The van der Waals surface area contributed by atoms with Crippen LogP contribution in [0.4, 0.5) is 0 Å². The monoisotopic (exact) mass is 313 g/mol. The largest absolute Gasteiger partial charge is 0.496 e. The average molecular weight is 313 g/mol. The molecule has 0 spiro atoms. The molecule has 0 aliphatic rings. The van der Waals surface area contributed by atoms with Gasteiger partial charge in [-0.3, -0.25) is 4.79 Å². The Labute approximate surface area is 132 Å². The predicted octanol–water partition coefficient (Wildman–Crippen LogP) is 2.77. The highest BCUT2D eigenvalue weighted by Gasteiger charge is 2.14. The van der Waals surface area contributed by atoms with Crippen LogP contribution < -0.4 is 10.3 Å². The Balaban J connectivity index is 2.68. The number of hydrogen-bond donors (Lipinski definition) is 1. The van der Waals surface area contributed by atoms with Gasteiger partial charge in [-0.05, 0) is 36.4 Å². The minimum atomic E-state index is -0.432. The summed E-state index contributed by atoms with van der Waals surface area (Å²) < 4.78 is 5.31. The Hall–Kier alpha value is -2.52. The first kappa shape index (κ1) is 15.9. The van der Waals surface area contributed by atoms with E-state index in [0.717, 1.165) is 11.3 Å². The van der Waals surface area contributed by atoms with Crippen LogP contribution in [0.15, 0.2) is 40.8 Å².